The maximum absolute atomic E-state index is 9.22. The first kappa shape index (κ1) is 12.4. The molecule has 0 atom stereocenters. The van der Waals surface area contributed by atoms with Crippen LogP contribution in [0.3, 0.4) is 0 Å². The Morgan fingerprint density at radius 1 is 1.53 bits per heavy atom. The second-order valence-corrected chi connectivity index (χ2v) is 5.19. The van der Waals surface area contributed by atoms with E-state index in [1.165, 1.54) is 0 Å². The summed E-state index contributed by atoms with van der Waals surface area (Å²) in [6, 6.07) is 8.75. The van der Waals surface area contributed by atoms with E-state index in [0.29, 0.717) is 6.04 Å². The van der Waals surface area contributed by atoms with Crippen LogP contribution in [-0.2, 0) is 0 Å². The zero-order valence-electron chi connectivity index (χ0n) is 9.91. The number of anilines is 1. The molecule has 0 spiro atoms. The van der Waals surface area contributed by atoms with Crippen LogP contribution in [0.25, 0.3) is 0 Å². The van der Waals surface area contributed by atoms with E-state index in [1.807, 2.05) is 18.2 Å². The SMILES string of the molecule is CCCN(c1ccc(Br)cc1C#N)C1CNC1. The Kier molecular flexibility index (Phi) is 4.03. The third-order valence-electron chi connectivity index (χ3n) is 3.05. The molecule has 0 aromatic heterocycles. The highest BCUT2D eigenvalue weighted by molar-refractivity contribution is 9.10. The summed E-state index contributed by atoms with van der Waals surface area (Å²) < 4.78 is 0.959. The van der Waals surface area contributed by atoms with E-state index in [1.54, 1.807) is 0 Å². The Morgan fingerprint density at radius 2 is 2.29 bits per heavy atom. The minimum atomic E-state index is 0.531. The highest BCUT2D eigenvalue weighted by atomic mass is 79.9. The summed E-state index contributed by atoms with van der Waals surface area (Å²) in [5, 5.41) is 12.5. The van der Waals surface area contributed by atoms with Gasteiger partial charge in [-0.25, -0.2) is 0 Å². The van der Waals surface area contributed by atoms with Crippen molar-refractivity contribution in [1.29, 1.82) is 5.26 Å². The first-order valence-corrected chi connectivity index (χ1v) is 6.72. The van der Waals surface area contributed by atoms with E-state index in [9.17, 15) is 5.26 Å². The molecule has 1 N–H and O–H groups in total. The number of nitriles is 1. The molecule has 1 aliphatic rings. The number of nitrogens with one attached hydrogen (secondary N) is 1. The van der Waals surface area contributed by atoms with Gasteiger partial charge in [0.05, 0.1) is 17.3 Å². The fourth-order valence-electron chi connectivity index (χ4n) is 2.08. The van der Waals surface area contributed by atoms with Crippen LogP contribution in [0.1, 0.15) is 18.9 Å². The van der Waals surface area contributed by atoms with Gasteiger partial charge in [-0.05, 0) is 24.6 Å². The van der Waals surface area contributed by atoms with Crippen LogP contribution in [0, 0.1) is 11.3 Å². The molecule has 1 aromatic carbocycles. The molecular weight excluding hydrogens is 278 g/mol. The summed E-state index contributed by atoms with van der Waals surface area (Å²) in [4.78, 5) is 2.35. The van der Waals surface area contributed by atoms with E-state index in [-0.39, 0.29) is 0 Å². The number of hydrogen-bond donors (Lipinski definition) is 1. The molecule has 0 amide bonds. The van der Waals surface area contributed by atoms with Gasteiger partial charge < -0.3 is 10.2 Å². The summed E-state index contributed by atoms with van der Waals surface area (Å²) in [6.45, 7) is 5.20. The Labute approximate surface area is 111 Å². The van der Waals surface area contributed by atoms with Crippen molar-refractivity contribution in [1.82, 2.24) is 5.32 Å². The molecule has 2 rings (SSSR count). The average molecular weight is 294 g/mol. The zero-order valence-corrected chi connectivity index (χ0v) is 11.5. The van der Waals surface area contributed by atoms with Crippen LogP contribution in [0.2, 0.25) is 0 Å². The summed E-state index contributed by atoms with van der Waals surface area (Å²) >= 11 is 3.41. The van der Waals surface area contributed by atoms with Gasteiger partial charge in [0.2, 0.25) is 0 Å². The molecule has 0 aliphatic carbocycles. The van der Waals surface area contributed by atoms with Gasteiger partial charge in [-0.3, -0.25) is 0 Å². The monoisotopic (exact) mass is 293 g/mol. The number of halogens is 1. The molecule has 0 radical (unpaired) electrons. The summed E-state index contributed by atoms with van der Waals surface area (Å²) in [5.74, 6) is 0. The van der Waals surface area contributed by atoms with Gasteiger partial charge in [0, 0.05) is 24.1 Å². The summed E-state index contributed by atoms with van der Waals surface area (Å²) in [6.07, 6.45) is 1.09. The lowest BCUT2D eigenvalue weighted by molar-refractivity contribution is 0.412. The van der Waals surface area contributed by atoms with Gasteiger partial charge >= 0.3 is 0 Å². The van der Waals surface area contributed by atoms with Crippen LogP contribution < -0.4 is 10.2 Å². The predicted octanol–water partition coefficient (Wildman–Crippen LogP) is 2.51. The Hall–Kier alpha value is -1.05. The van der Waals surface area contributed by atoms with Crippen molar-refractivity contribution < 1.29 is 0 Å². The lowest BCUT2D eigenvalue weighted by Gasteiger charge is -2.40. The molecular formula is C13H16BrN3. The van der Waals surface area contributed by atoms with Gasteiger partial charge in [0.15, 0.2) is 0 Å². The highest BCUT2D eigenvalue weighted by Gasteiger charge is 2.25. The first-order chi connectivity index (χ1) is 8.26. The van der Waals surface area contributed by atoms with E-state index in [0.717, 1.165) is 41.8 Å². The summed E-state index contributed by atoms with van der Waals surface area (Å²) in [5.41, 5.74) is 1.81. The highest BCUT2D eigenvalue weighted by Crippen LogP contribution is 2.26. The van der Waals surface area contributed by atoms with Gasteiger partial charge in [0.25, 0.3) is 0 Å². The maximum atomic E-state index is 9.22. The van der Waals surface area contributed by atoms with Crippen molar-refractivity contribution in [2.45, 2.75) is 19.4 Å². The minimum Gasteiger partial charge on any atom is -0.365 e. The van der Waals surface area contributed by atoms with E-state index in [4.69, 9.17) is 0 Å². The largest absolute Gasteiger partial charge is 0.365 e. The Morgan fingerprint density at radius 3 is 2.82 bits per heavy atom. The standard InChI is InChI=1S/C13H16BrN3/c1-2-5-17(12-8-16-9-12)13-4-3-11(14)6-10(13)7-15/h3-4,6,12,16H,2,5,8-9H2,1H3. The van der Waals surface area contributed by atoms with Gasteiger partial charge in [-0.2, -0.15) is 5.26 Å². The molecule has 90 valence electrons. The molecule has 1 aliphatic heterocycles. The minimum absolute atomic E-state index is 0.531. The molecule has 0 saturated carbocycles. The first-order valence-electron chi connectivity index (χ1n) is 5.93. The number of rotatable bonds is 4. The smallest absolute Gasteiger partial charge is 0.101 e. The molecule has 0 unspecified atom stereocenters. The molecule has 1 aromatic rings. The molecule has 1 saturated heterocycles. The quantitative estimate of drug-likeness (QED) is 0.927. The molecule has 4 heteroatoms. The van der Waals surface area contributed by atoms with Gasteiger partial charge in [-0.15, -0.1) is 0 Å². The normalized spacial score (nSPS) is 15.1. The predicted molar refractivity (Wildman–Crippen MR) is 73.2 cm³/mol. The van der Waals surface area contributed by atoms with E-state index >= 15 is 0 Å². The van der Waals surface area contributed by atoms with Crippen LogP contribution in [-0.4, -0.2) is 25.7 Å². The van der Waals surface area contributed by atoms with Crippen LogP contribution in [0.4, 0.5) is 5.69 Å². The third-order valence-corrected chi connectivity index (χ3v) is 3.55. The van der Waals surface area contributed by atoms with Crippen LogP contribution in [0.15, 0.2) is 22.7 Å². The van der Waals surface area contributed by atoms with Crippen molar-refractivity contribution in [2.75, 3.05) is 24.5 Å². The molecule has 1 fully saturated rings. The fourth-order valence-corrected chi connectivity index (χ4v) is 2.44. The summed E-state index contributed by atoms with van der Waals surface area (Å²) in [7, 11) is 0. The molecule has 17 heavy (non-hydrogen) atoms. The third kappa shape index (κ3) is 2.62. The second-order valence-electron chi connectivity index (χ2n) is 4.28. The average Bonchev–Trinajstić information content (AvgIpc) is 2.26. The number of nitrogens with zero attached hydrogens (tertiary/aromatic N) is 2. The van der Waals surface area contributed by atoms with Crippen LogP contribution >= 0.6 is 15.9 Å². The van der Waals surface area contributed by atoms with Crippen molar-refractivity contribution in [3.63, 3.8) is 0 Å². The van der Waals surface area contributed by atoms with Gasteiger partial charge in [-0.1, -0.05) is 22.9 Å². The Bertz CT molecular complexity index is 435. The molecule has 0 bridgehead atoms. The molecule has 1 heterocycles. The fraction of sp³-hybridized carbons (Fsp3) is 0.462. The van der Waals surface area contributed by atoms with Crippen molar-refractivity contribution in [3.05, 3.63) is 28.2 Å². The van der Waals surface area contributed by atoms with Crippen molar-refractivity contribution in [3.8, 4) is 6.07 Å². The molecule has 3 nitrogen and oxygen atoms in total. The van der Waals surface area contributed by atoms with Crippen LogP contribution in [0.5, 0.6) is 0 Å². The van der Waals surface area contributed by atoms with E-state index < -0.39 is 0 Å². The lowest BCUT2D eigenvalue weighted by atomic mass is 10.1. The maximum Gasteiger partial charge on any atom is 0.101 e. The van der Waals surface area contributed by atoms with Crippen molar-refractivity contribution >= 4 is 21.6 Å². The van der Waals surface area contributed by atoms with E-state index in [2.05, 4.69) is 39.1 Å². The topological polar surface area (TPSA) is 39.1 Å². The lowest BCUT2D eigenvalue weighted by Crippen LogP contribution is -2.57. The second kappa shape index (κ2) is 5.52. The van der Waals surface area contributed by atoms with Gasteiger partial charge in [0.1, 0.15) is 6.07 Å². The Balaban J connectivity index is 2.31. The number of benzene rings is 1. The number of hydrogen-bond acceptors (Lipinski definition) is 3. The zero-order chi connectivity index (χ0) is 12.3. The van der Waals surface area contributed by atoms with Crippen molar-refractivity contribution in [2.24, 2.45) is 0 Å².